The van der Waals surface area contributed by atoms with Gasteiger partial charge in [0.05, 0.1) is 10.7 Å². The van der Waals surface area contributed by atoms with Gasteiger partial charge in [-0.2, -0.15) is 0 Å². The van der Waals surface area contributed by atoms with E-state index in [2.05, 4.69) is 38.4 Å². The number of aromatic nitrogens is 1. The molecular formula is C13H13BrN2S. The summed E-state index contributed by atoms with van der Waals surface area (Å²) in [5, 5.41) is 3.27. The van der Waals surface area contributed by atoms with Crippen molar-refractivity contribution in [3.05, 3.63) is 39.1 Å². The van der Waals surface area contributed by atoms with Crippen LogP contribution in [0.1, 0.15) is 17.8 Å². The third-order valence-electron chi connectivity index (χ3n) is 3.09. The van der Waals surface area contributed by atoms with Gasteiger partial charge in [0.15, 0.2) is 0 Å². The number of hydrogen-bond acceptors (Lipinski definition) is 3. The van der Waals surface area contributed by atoms with Crippen molar-refractivity contribution in [3.63, 3.8) is 0 Å². The average Bonchev–Trinajstić information content (AvgIpc) is 2.86. The normalized spacial score (nSPS) is 17.1. The molecule has 17 heavy (non-hydrogen) atoms. The van der Waals surface area contributed by atoms with Crippen LogP contribution in [-0.4, -0.2) is 10.5 Å². The van der Waals surface area contributed by atoms with Crippen molar-refractivity contribution in [2.45, 2.75) is 24.8 Å². The minimum Gasteiger partial charge on any atom is -0.325 e. The van der Waals surface area contributed by atoms with Gasteiger partial charge in [-0.25, -0.2) is 4.98 Å². The van der Waals surface area contributed by atoms with Crippen LogP contribution in [0.3, 0.4) is 0 Å². The van der Waals surface area contributed by atoms with E-state index in [0.717, 1.165) is 40.0 Å². The number of halogens is 1. The first kappa shape index (κ1) is 11.4. The predicted octanol–water partition coefficient (Wildman–Crippen LogP) is 3.61. The van der Waals surface area contributed by atoms with Crippen molar-refractivity contribution >= 4 is 27.3 Å². The molecule has 2 nitrogen and oxygen atoms in total. The lowest BCUT2D eigenvalue weighted by atomic mass is 10.2. The highest BCUT2D eigenvalue weighted by atomic mass is 79.9. The molecule has 3 rings (SSSR count). The van der Waals surface area contributed by atoms with Crippen LogP contribution >= 0.6 is 27.3 Å². The molecule has 4 heteroatoms. The van der Waals surface area contributed by atoms with Crippen LogP contribution in [0.15, 0.2) is 34.1 Å². The summed E-state index contributed by atoms with van der Waals surface area (Å²) in [7, 11) is 0. The molecule has 1 saturated carbocycles. The Labute approximate surface area is 113 Å². The fraction of sp³-hybridized carbons (Fsp3) is 0.308. The molecule has 1 heterocycles. The van der Waals surface area contributed by atoms with Crippen LogP contribution < -0.4 is 5.73 Å². The first-order valence-electron chi connectivity index (χ1n) is 5.64. The summed E-state index contributed by atoms with van der Waals surface area (Å²) in [5.41, 5.74) is 8.38. The second-order valence-electron chi connectivity index (χ2n) is 4.67. The van der Waals surface area contributed by atoms with Gasteiger partial charge in [0.1, 0.15) is 0 Å². The molecule has 0 saturated heterocycles. The highest BCUT2D eigenvalue weighted by Crippen LogP contribution is 2.37. The molecule has 0 bridgehead atoms. The lowest BCUT2D eigenvalue weighted by molar-refractivity contribution is 0.669. The van der Waals surface area contributed by atoms with Crippen molar-refractivity contribution in [1.29, 1.82) is 0 Å². The highest BCUT2D eigenvalue weighted by molar-refractivity contribution is 9.10. The predicted molar refractivity (Wildman–Crippen MR) is 75.1 cm³/mol. The largest absolute Gasteiger partial charge is 0.325 e. The Morgan fingerprint density at radius 1 is 1.29 bits per heavy atom. The van der Waals surface area contributed by atoms with E-state index in [1.165, 1.54) is 0 Å². The highest BCUT2D eigenvalue weighted by Gasteiger charge is 2.38. The Kier molecular flexibility index (Phi) is 2.81. The van der Waals surface area contributed by atoms with Crippen LogP contribution in [0.2, 0.25) is 0 Å². The number of benzene rings is 1. The Morgan fingerprint density at radius 3 is 2.65 bits per heavy atom. The van der Waals surface area contributed by atoms with Crippen LogP contribution in [0, 0.1) is 0 Å². The van der Waals surface area contributed by atoms with Gasteiger partial charge in [0, 0.05) is 27.4 Å². The van der Waals surface area contributed by atoms with Crippen LogP contribution in [0.5, 0.6) is 0 Å². The molecule has 1 aliphatic rings. The van der Waals surface area contributed by atoms with E-state index < -0.39 is 0 Å². The van der Waals surface area contributed by atoms with Crippen molar-refractivity contribution in [2.24, 2.45) is 5.73 Å². The quantitative estimate of drug-likeness (QED) is 0.941. The zero-order valence-corrected chi connectivity index (χ0v) is 11.7. The molecule has 2 aromatic rings. The SMILES string of the molecule is NC1(Cc2nc(-c3ccc(Br)cc3)cs2)CC1. The van der Waals surface area contributed by atoms with Gasteiger partial charge in [0.2, 0.25) is 0 Å². The van der Waals surface area contributed by atoms with E-state index in [4.69, 9.17) is 5.73 Å². The molecule has 1 aromatic carbocycles. The van der Waals surface area contributed by atoms with Crippen LogP contribution in [0.4, 0.5) is 0 Å². The monoisotopic (exact) mass is 308 g/mol. The zero-order valence-electron chi connectivity index (χ0n) is 9.32. The number of rotatable bonds is 3. The first-order chi connectivity index (χ1) is 8.15. The smallest absolute Gasteiger partial charge is 0.0950 e. The maximum Gasteiger partial charge on any atom is 0.0950 e. The van der Waals surface area contributed by atoms with Gasteiger partial charge in [0.25, 0.3) is 0 Å². The van der Waals surface area contributed by atoms with Crippen molar-refractivity contribution in [2.75, 3.05) is 0 Å². The Balaban J connectivity index is 1.82. The summed E-state index contributed by atoms with van der Waals surface area (Å²) in [6.07, 6.45) is 3.20. The second kappa shape index (κ2) is 4.19. The maximum absolute atomic E-state index is 6.11. The topological polar surface area (TPSA) is 38.9 Å². The summed E-state index contributed by atoms with van der Waals surface area (Å²) in [6.45, 7) is 0. The van der Waals surface area contributed by atoms with E-state index in [1.54, 1.807) is 11.3 Å². The fourth-order valence-corrected chi connectivity index (χ4v) is 3.01. The van der Waals surface area contributed by atoms with Crippen molar-refractivity contribution in [3.8, 4) is 11.3 Å². The number of hydrogen-bond donors (Lipinski definition) is 1. The molecule has 0 atom stereocenters. The van der Waals surface area contributed by atoms with Gasteiger partial charge < -0.3 is 5.73 Å². The zero-order chi connectivity index (χ0) is 11.9. The summed E-state index contributed by atoms with van der Waals surface area (Å²) in [6, 6.07) is 8.25. The minimum atomic E-state index is 0.0504. The van der Waals surface area contributed by atoms with Crippen molar-refractivity contribution < 1.29 is 0 Å². The first-order valence-corrected chi connectivity index (χ1v) is 7.31. The van der Waals surface area contributed by atoms with Crippen molar-refractivity contribution in [1.82, 2.24) is 4.98 Å². The molecular weight excluding hydrogens is 296 g/mol. The second-order valence-corrected chi connectivity index (χ2v) is 6.53. The van der Waals surface area contributed by atoms with E-state index in [0.29, 0.717) is 0 Å². The van der Waals surface area contributed by atoms with Crippen LogP contribution in [0.25, 0.3) is 11.3 Å². The molecule has 0 radical (unpaired) electrons. The molecule has 2 N–H and O–H groups in total. The molecule has 88 valence electrons. The molecule has 1 aliphatic carbocycles. The van der Waals surface area contributed by atoms with E-state index in [-0.39, 0.29) is 5.54 Å². The molecule has 0 amide bonds. The summed E-state index contributed by atoms with van der Waals surface area (Å²) in [5.74, 6) is 0. The third kappa shape index (κ3) is 2.59. The van der Waals surface area contributed by atoms with E-state index in [1.807, 2.05) is 12.1 Å². The number of nitrogens with zero attached hydrogens (tertiary/aromatic N) is 1. The molecule has 0 unspecified atom stereocenters. The van der Waals surface area contributed by atoms with Gasteiger partial charge >= 0.3 is 0 Å². The minimum absolute atomic E-state index is 0.0504. The van der Waals surface area contributed by atoms with E-state index >= 15 is 0 Å². The molecule has 0 aliphatic heterocycles. The molecule has 1 fully saturated rings. The average molecular weight is 309 g/mol. The number of thiazole rings is 1. The van der Waals surface area contributed by atoms with Gasteiger partial charge in [-0.1, -0.05) is 28.1 Å². The Hall–Kier alpha value is -0.710. The summed E-state index contributed by atoms with van der Waals surface area (Å²) >= 11 is 5.15. The lowest BCUT2D eigenvalue weighted by Crippen LogP contribution is -2.24. The molecule has 1 aromatic heterocycles. The standard InChI is InChI=1S/C13H13BrN2S/c14-10-3-1-9(2-4-10)11-8-17-12(16-11)7-13(15)5-6-13/h1-4,8H,5-7,15H2. The fourth-order valence-electron chi connectivity index (χ4n) is 1.78. The maximum atomic E-state index is 6.11. The number of nitrogens with two attached hydrogens (primary N) is 1. The lowest BCUT2D eigenvalue weighted by Gasteiger charge is -2.03. The molecule has 0 spiro atoms. The third-order valence-corrected chi connectivity index (χ3v) is 4.46. The van der Waals surface area contributed by atoms with Crippen LogP contribution in [-0.2, 0) is 6.42 Å². The van der Waals surface area contributed by atoms with Gasteiger partial charge in [-0.15, -0.1) is 11.3 Å². The van der Waals surface area contributed by atoms with Gasteiger partial charge in [-0.3, -0.25) is 0 Å². The summed E-state index contributed by atoms with van der Waals surface area (Å²) < 4.78 is 1.09. The summed E-state index contributed by atoms with van der Waals surface area (Å²) in [4.78, 5) is 4.66. The Morgan fingerprint density at radius 2 is 2.00 bits per heavy atom. The van der Waals surface area contributed by atoms with E-state index in [9.17, 15) is 0 Å². The van der Waals surface area contributed by atoms with Gasteiger partial charge in [-0.05, 0) is 25.0 Å². The Bertz CT molecular complexity index is 529.